The van der Waals surface area contributed by atoms with E-state index in [1.165, 1.54) is 77.0 Å². The second-order valence-corrected chi connectivity index (χ2v) is 25.8. The Kier molecular flexibility index (Phi) is 23.5. The lowest BCUT2D eigenvalue weighted by atomic mass is 9.50. The van der Waals surface area contributed by atoms with Gasteiger partial charge < -0.3 is 27.3 Å². The third-order valence-electron chi connectivity index (χ3n) is 18.8. The number of nitrogens with zero attached hydrogens (tertiary/aromatic N) is 6. The van der Waals surface area contributed by atoms with E-state index in [0.717, 1.165) is 101 Å². The first-order valence-corrected chi connectivity index (χ1v) is 36.0. The van der Waals surface area contributed by atoms with Crippen molar-refractivity contribution in [1.29, 1.82) is 10.5 Å². The molecule has 1 atom stereocenters. The van der Waals surface area contributed by atoms with Gasteiger partial charge in [-0.1, -0.05) is 284 Å². The summed E-state index contributed by atoms with van der Waals surface area (Å²) in [6, 6.07) is 79.5. The lowest BCUT2D eigenvalue weighted by Crippen LogP contribution is -2.54. The first-order valence-electron chi connectivity index (χ1n) is 36.0. The summed E-state index contributed by atoms with van der Waals surface area (Å²) in [7, 11) is 0. The SMILES string of the molecule is CCCCCCCC/C=C\C(CCCCCCC)Oc1ccc(-c2c3/c(=C(\C#N)c4nc5ccccc5o4)n(B(c4ccccc4)c4ccccc4)c(-c4ccc(OCCCCCCCC)cc4)c3/c(=C(\C#N)c3nc4ccccc4o3)n2B(c2ccccc2)c2ccccc2)cc1. The lowest BCUT2D eigenvalue weighted by Gasteiger charge is -2.24. The Morgan fingerprint density at radius 3 is 1.23 bits per heavy atom. The number of rotatable bonds is 34. The molecule has 0 aliphatic heterocycles. The average molecular weight is 1290 g/mol. The predicted molar refractivity (Wildman–Crippen MR) is 405 cm³/mol. The van der Waals surface area contributed by atoms with E-state index < -0.39 is 13.7 Å². The average Bonchev–Trinajstić information content (AvgIpc) is 1.52. The number of benzene rings is 8. The molecule has 4 heterocycles. The molecular formula is C86H88B2N6O4. The van der Waals surface area contributed by atoms with Crippen LogP contribution in [0.15, 0.2) is 239 Å². The van der Waals surface area contributed by atoms with Crippen LogP contribution in [-0.2, 0) is 0 Å². The third kappa shape index (κ3) is 15.7. The molecule has 492 valence electrons. The zero-order valence-corrected chi connectivity index (χ0v) is 57.1. The van der Waals surface area contributed by atoms with Crippen LogP contribution in [0.1, 0.15) is 155 Å². The monoisotopic (exact) mass is 1290 g/mol. The molecule has 0 saturated heterocycles. The van der Waals surface area contributed by atoms with Crippen LogP contribution in [0.4, 0.5) is 0 Å². The molecule has 0 fully saturated rings. The molecule has 0 bridgehead atoms. The molecule has 8 aromatic carbocycles. The Morgan fingerprint density at radius 1 is 0.439 bits per heavy atom. The predicted octanol–water partition coefficient (Wildman–Crippen LogP) is 18.0. The van der Waals surface area contributed by atoms with Crippen LogP contribution in [0.2, 0.25) is 0 Å². The molecular weight excluding hydrogens is 1200 g/mol. The fourth-order valence-corrected chi connectivity index (χ4v) is 13.9. The van der Waals surface area contributed by atoms with Crippen molar-refractivity contribution in [2.24, 2.45) is 0 Å². The molecule has 0 amide bonds. The maximum absolute atomic E-state index is 12.5. The van der Waals surface area contributed by atoms with Crippen LogP contribution >= 0.6 is 0 Å². The normalized spacial score (nSPS) is 12.5. The topological polar surface area (TPSA) is 128 Å². The second kappa shape index (κ2) is 34.1. The van der Waals surface area contributed by atoms with Crippen molar-refractivity contribution in [2.45, 2.75) is 149 Å². The quantitative estimate of drug-likeness (QED) is 0.0222. The molecule has 12 aromatic rings. The molecule has 1 unspecified atom stereocenters. The number of hydrogen-bond acceptors (Lipinski definition) is 8. The fourth-order valence-electron chi connectivity index (χ4n) is 13.9. The van der Waals surface area contributed by atoms with Gasteiger partial charge in [-0.2, -0.15) is 10.5 Å². The zero-order valence-electron chi connectivity index (χ0n) is 57.1. The summed E-state index contributed by atoms with van der Waals surface area (Å²) in [5, 5.41) is 27.4. The summed E-state index contributed by atoms with van der Waals surface area (Å²) in [5.74, 6) is 1.79. The van der Waals surface area contributed by atoms with Crippen molar-refractivity contribution in [2.75, 3.05) is 6.61 Å². The van der Waals surface area contributed by atoms with E-state index in [-0.39, 0.29) is 29.0 Å². The summed E-state index contributed by atoms with van der Waals surface area (Å²) < 4.78 is 32.1. The van der Waals surface area contributed by atoms with Gasteiger partial charge in [-0.05, 0) is 122 Å². The highest BCUT2D eigenvalue weighted by atomic mass is 16.5. The van der Waals surface area contributed by atoms with Gasteiger partial charge in [0, 0.05) is 22.2 Å². The molecule has 4 aromatic heterocycles. The number of nitriles is 2. The van der Waals surface area contributed by atoms with E-state index >= 15 is 0 Å². The van der Waals surface area contributed by atoms with Gasteiger partial charge in [0.25, 0.3) is 0 Å². The van der Waals surface area contributed by atoms with E-state index in [0.29, 0.717) is 50.3 Å². The van der Waals surface area contributed by atoms with Crippen LogP contribution in [0.5, 0.6) is 11.5 Å². The third-order valence-corrected chi connectivity index (χ3v) is 18.8. The molecule has 0 N–H and O–H groups in total. The van der Waals surface area contributed by atoms with Gasteiger partial charge in [0.1, 0.15) is 51.9 Å². The molecule has 0 radical (unpaired) electrons. The highest BCUT2D eigenvalue weighted by Gasteiger charge is 2.38. The van der Waals surface area contributed by atoms with Crippen molar-refractivity contribution in [3.05, 3.63) is 253 Å². The van der Waals surface area contributed by atoms with Crippen molar-refractivity contribution >= 4 is 79.7 Å². The standard InChI is InChI=1S/C86H88B2N6O4/c1-4-7-10-13-15-16-18-33-48-71(47-32-17-12-9-6-3)96-72-59-55-65(56-60-72)82-80-79(83(73(62-89)85-91-75-49-34-36-51-77(75)97-85)94(82)88(68-43-28-22-29-44-68)69-45-30-23-31-46-69)81(64-53-57-70(58-54-64)95-61-38-19-14-11-8-5-2)93(87(66-39-24-20-25-40-66)67-41-26-21-27-42-67)84(80)74(63-90)86-92-76-50-35-37-52-78(76)98-86/h20-31,33-37,39-46,48-60,71H,4-19,32,38,47,61H2,1-3H3/b48-33-,83-73-,84-74-. The van der Waals surface area contributed by atoms with Crippen molar-refractivity contribution in [3.63, 3.8) is 0 Å². The summed E-state index contributed by atoms with van der Waals surface area (Å²) in [6.07, 6.45) is 26.7. The molecule has 10 nitrogen and oxygen atoms in total. The van der Waals surface area contributed by atoms with Gasteiger partial charge in [0.2, 0.25) is 11.8 Å². The Hall–Kier alpha value is -10.3. The van der Waals surface area contributed by atoms with Crippen LogP contribution in [0, 0.1) is 22.7 Å². The number of ether oxygens (including phenoxy) is 2. The van der Waals surface area contributed by atoms with E-state index in [2.05, 4.69) is 200 Å². The number of aromatic nitrogens is 4. The summed E-state index contributed by atoms with van der Waals surface area (Å²) in [6.45, 7) is 6.16. The number of fused-ring (bicyclic) bond motifs is 3. The summed E-state index contributed by atoms with van der Waals surface area (Å²) in [5.41, 5.74) is 9.61. The van der Waals surface area contributed by atoms with Gasteiger partial charge >= 0.3 is 13.7 Å². The van der Waals surface area contributed by atoms with Crippen LogP contribution in [0.25, 0.3) is 66.6 Å². The largest absolute Gasteiger partial charge is 0.494 e. The van der Waals surface area contributed by atoms with E-state index in [9.17, 15) is 10.5 Å². The summed E-state index contributed by atoms with van der Waals surface area (Å²) in [4.78, 5) is 10.4. The second-order valence-electron chi connectivity index (χ2n) is 25.8. The number of unbranched alkanes of at least 4 members (excludes halogenated alkanes) is 15. The minimum absolute atomic E-state index is 0.123. The number of para-hydroxylation sites is 4. The maximum Gasteiger partial charge on any atom is 0.328 e. The van der Waals surface area contributed by atoms with Crippen LogP contribution in [0.3, 0.4) is 0 Å². The van der Waals surface area contributed by atoms with E-state index in [4.69, 9.17) is 28.3 Å². The Bertz CT molecular complexity index is 4530. The molecule has 0 aliphatic carbocycles. The lowest BCUT2D eigenvalue weighted by molar-refractivity contribution is 0.233. The van der Waals surface area contributed by atoms with Crippen molar-refractivity contribution < 1.29 is 18.3 Å². The smallest absolute Gasteiger partial charge is 0.328 e. The molecule has 12 rings (SSSR count). The maximum atomic E-state index is 12.5. The van der Waals surface area contributed by atoms with Crippen molar-refractivity contribution in [1.82, 2.24) is 18.9 Å². The fraction of sp³-hybridized carbons (Fsp3) is 0.279. The van der Waals surface area contributed by atoms with Gasteiger partial charge in [0.15, 0.2) is 11.2 Å². The van der Waals surface area contributed by atoms with Gasteiger partial charge in [-0.25, -0.2) is 9.97 Å². The Labute approximate surface area is 578 Å². The minimum atomic E-state index is -0.604. The number of hydrogen-bond donors (Lipinski definition) is 0. The van der Waals surface area contributed by atoms with E-state index in [1.54, 1.807) is 0 Å². The van der Waals surface area contributed by atoms with Crippen molar-refractivity contribution in [3.8, 4) is 46.2 Å². The number of allylic oxidation sites excluding steroid dienone is 1. The minimum Gasteiger partial charge on any atom is -0.494 e. The Morgan fingerprint density at radius 2 is 0.816 bits per heavy atom. The van der Waals surface area contributed by atoms with Crippen LogP contribution < -0.4 is 42.0 Å². The first-order chi connectivity index (χ1) is 48.5. The zero-order chi connectivity index (χ0) is 67.3. The van der Waals surface area contributed by atoms with Crippen LogP contribution in [-0.4, -0.2) is 45.3 Å². The van der Waals surface area contributed by atoms with Gasteiger partial charge in [-0.3, -0.25) is 0 Å². The highest BCUT2D eigenvalue weighted by molar-refractivity contribution is 6.85. The molecule has 0 aliphatic rings. The highest BCUT2D eigenvalue weighted by Crippen LogP contribution is 2.38. The Balaban J connectivity index is 1.23. The van der Waals surface area contributed by atoms with Gasteiger partial charge in [-0.15, -0.1) is 0 Å². The van der Waals surface area contributed by atoms with E-state index in [1.807, 2.05) is 72.8 Å². The molecule has 0 saturated carbocycles. The molecule has 12 heteroatoms. The van der Waals surface area contributed by atoms with Gasteiger partial charge in [0.05, 0.1) is 17.3 Å². The first kappa shape index (κ1) is 67.7. The summed E-state index contributed by atoms with van der Waals surface area (Å²) >= 11 is 0. The molecule has 0 spiro atoms. The molecule has 98 heavy (non-hydrogen) atoms. The number of oxazole rings is 2.